The third-order valence-electron chi connectivity index (χ3n) is 4.20. The highest BCUT2D eigenvalue weighted by atomic mass is 16.5. The maximum absolute atomic E-state index is 10.9. The van der Waals surface area contributed by atoms with Crippen molar-refractivity contribution in [2.24, 2.45) is 5.41 Å². The molecule has 0 aliphatic rings. The largest absolute Gasteiger partial charge is 0.388 e. The summed E-state index contributed by atoms with van der Waals surface area (Å²) < 4.78 is 6.14. The van der Waals surface area contributed by atoms with E-state index in [4.69, 9.17) is 4.74 Å². The zero-order valence-electron chi connectivity index (χ0n) is 14.0. The second-order valence-electron chi connectivity index (χ2n) is 6.37. The van der Waals surface area contributed by atoms with Gasteiger partial charge < -0.3 is 9.84 Å². The highest BCUT2D eigenvalue weighted by Crippen LogP contribution is 2.45. The van der Waals surface area contributed by atoms with Gasteiger partial charge in [-0.3, -0.25) is 0 Å². The molecule has 0 saturated carbocycles. The fraction of sp³-hybridized carbons (Fsp3) is 0.333. The highest BCUT2D eigenvalue weighted by Gasteiger charge is 2.39. The lowest BCUT2D eigenvalue weighted by atomic mass is 9.75. The van der Waals surface area contributed by atoms with Crippen molar-refractivity contribution < 1.29 is 9.84 Å². The van der Waals surface area contributed by atoms with Crippen LogP contribution in [0.2, 0.25) is 0 Å². The van der Waals surface area contributed by atoms with Crippen molar-refractivity contribution in [1.29, 1.82) is 0 Å². The van der Waals surface area contributed by atoms with Crippen LogP contribution in [0.25, 0.3) is 0 Å². The van der Waals surface area contributed by atoms with Crippen molar-refractivity contribution in [2.45, 2.75) is 32.5 Å². The van der Waals surface area contributed by atoms with Gasteiger partial charge in [-0.15, -0.1) is 6.58 Å². The van der Waals surface area contributed by atoms with E-state index in [1.165, 1.54) is 0 Å². The van der Waals surface area contributed by atoms with E-state index >= 15 is 0 Å². The van der Waals surface area contributed by atoms with E-state index in [1.54, 1.807) is 0 Å². The van der Waals surface area contributed by atoms with Gasteiger partial charge in [-0.05, 0) is 17.5 Å². The van der Waals surface area contributed by atoms with Crippen molar-refractivity contribution in [3.63, 3.8) is 0 Å². The third-order valence-corrected chi connectivity index (χ3v) is 4.20. The van der Waals surface area contributed by atoms with Crippen LogP contribution >= 0.6 is 0 Å². The van der Waals surface area contributed by atoms with Gasteiger partial charge in [-0.25, -0.2) is 0 Å². The summed E-state index contributed by atoms with van der Waals surface area (Å²) in [5.74, 6) is 0. The minimum Gasteiger partial charge on any atom is -0.388 e. The molecule has 0 aromatic heterocycles. The van der Waals surface area contributed by atoms with E-state index in [0.717, 1.165) is 17.5 Å². The Kier molecular flexibility index (Phi) is 6.14. The molecule has 0 amide bonds. The van der Waals surface area contributed by atoms with Gasteiger partial charge in [0.2, 0.25) is 0 Å². The number of aliphatic hydroxyl groups excluding tert-OH is 1. The van der Waals surface area contributed by atoms with Gasteiger partial charge in [0.05, 0.1) is 18.8 Å². The molecule has 0 fully saturated rings. The molecule has 0 unspecified atom stereocenters. The molecule has 0 heterocycles. The number of rotatable bonds is 8. The molecular weight excluding hydrogens is 284 g/mol. The summed E-state index contributed by atoms with van der Waals surface area (Å²) in [7, 11) is 0. The number of hydrogen-bond donors (Lipinski definition) is 1. The minimum atomic E-state index is -0.613. The van der Waals surface area contributed by atoms with Crippen molar-refractivity contribution in [2.75, 3.05) is 6.61 Å². The summed E-state index contributed by atoms with van der Waals surface area (Å²) >= 11 is 0. The minimum absolute atomic E-state index is 0.196. The monoisotopic (exact) mass is 310 g/mol. The van der Waals surface area contributed by atoms with E-state index in [0.29, 0.717) is 6.61 Å². The van der Waals surface area contributed by atoms with E-state index in [9.17, 15) is 5.11 Å². The fourth-order valence-electron chi connectivity index (χ4n) is 2.85. The van der Waals surface area contributed by atoms with E-state index in [1.807, 2.05) is 54.6 Å². The standard InChI is InChI=1S/C21H26O2/c1-4-5-16-23-20(18-14-10-7-11-15-18)21(2,3)19(22)17-12-8-6-9-13-17/h4,6-15,19-20,22H,1,5,16H2,2-3H3/t19-,20-/m1/s1. The molecular formula is C21H26O2. The fourth-order valence-corrected chi connectivity index (χ4v) is 2.85. The molecule has 2 rings (SSSR count). The summed E-state index contributed by atoms with van der Waals surface area (Å²) in [5, 5.41) is 10.9. The average molecular weight is 310 g/mol. The molecule has 2 aromatic rings. The first-order chi connectivity index (χ1) is 11.1. The lowest BCUT2D eigenvalue weighted by Crippen LogP contribution is -2.31. The Morgan fingerprint density at radius 1 is 1.00 bits per heavy atom. The molecule has 0 spiro atoms. The first-order valence-corrected chi connectivity index (χ1v) is 8.08. The molecule has 122 valence electrons. The zero-order valence-corrected chi connectivity index (χ0v) is 14.0. The lowest BCUT2D eigenvalue weighted by Gasteiger charge is -2.38. The van der Waals surface area contributed by atoms with Gasteiger partial charge >= 0.3 is 0 Å². The van der Waals surface area contributed by atoms with Gasteiger partial charge in [0.15, 0.2) is 0 Å². The molecule has 0 aliphatic heterocycles. The summed E-state index contributed by atoms with van der Waals surface area (Å²) in [5.41, 5.74) is 1.52. The van der Waals surface area contributed by atoms with Crippen molar-refractivity contribution >= 4 is 0 Å². The van der Waals surface area contributed by atoms with Crippen LogP contribution in [0.4, 0.5) is 0 Å². The zero-order chi connectivity index (χ0) is 16.7. The third kappa shape index (κ3) is 4.31. The smallest absolute Gasteiger partial charge is 0.0904 e. The van der Waals surface area contributed by atoms with Gasteiger partial charge in [-0.1, -0.05) is 80.6 Å². The van der Waals surface area contributed by atoms with Crippen LogP contribution < -0.4 is 0 Å². The molecule has 0 bridgehead atoms. The molecule has 1 N–H and O–H groups in total. The Balaban J connectivity index is 2.30. The van der Waals surface area contributed by atoms with Crippen LogP contribution in [-0.4, -0.2) is 11.7 Å². The highest BCUT2D eigenvalue weighted by molar-refractivity contribution is 5.24. The quantitative estimate of drug-likeness (QED) is 0.544. The van der Waals surface area contributed by atoms with E-state index in [2.05, 4.69) is 32.6 Å². The van der Waals surface area contributed by atoms with Crippen molar-refractivity contribution in [3.05, 3.63) is 84.4 Å². The maximum Gasteiger partial charge on any atom is 0.0904 e. The molecule has 2 aromatic carbocycles. The predicted molar refractivity (Wildman–Crippen MR) is 95.1 cm³/mol. The molecule has 2 atom stereocenters. The predicted octanol–water partition coefficient (Wildman–Crippen LogP) is 5.08. The van der Waals surface area contributed by atoms with Gasteiger partial charge in [0, 0.05) is 5.41 Å². The summed E-state index contributed by atoms with van der Waals surface area (Å²) in [6.07, 6.45) is 1.83. The molecule has 0 saturated heterocycles. The number of benzene rings is 2. The topological polar surface area (TPSA) is 29.5 Å². The van der Waals surface area contributed by atoms with Crippen LogP contribution in [-0.2, 0) is 4.74 Å². The van der Waals surface area contributed by atoms with E-state index in [-0.39, 0.29) is 6.10 Å². The Morgan fingerprint density at radius 2 is 1.52 bits per heavy atom. The molecule has 2 heteroatoms. The Hall–Kier alpha value is -1.90. The van der Waals surface area contributed by atoms with Gasteiger partial charge in [0.1, 0.15) is 0 Å². The summed E-state index contributed by atoms with van der Waals surface area (Å²) in [4.78, 5) is 0. The number of aliphatic hydroxyl groups is 1. The van der Waals surface area contributed by atoms with Crippen molar-refractivity contribution in [3.8, 4) is 0 Å². The van der Waals surface area contributed by atoms with Crippen LogP contribution in [0.3, 0.4) is 0 Å². The molecule has 0 radical (unpaired) electrons. The first-order valence-electron chi connectivity index (χ1n) is 8.08. The average Bonchev–Trinajstić information content (AvgIpc) is 2.59. The second kappa shape index (κ2) is 8.09. The SMILES string of the molecule is C=CCCO[C@H](c1ccccc1)C(C)(C)[C@H](O)c1ccccc1. The van der Waals surface area contributed by atoms with Crippen molar-refractivity contribution in [1.82, 2.24) is 0 Å². The molecule has 23 heavy (non-hydrogen) atoms. The first kappa shape index (κ1) is 17.5. The second-order valence-corrected chi connectivity index (χ2v) is 6.37. The number of ether oxygens (including phenoxy) is 1. The maximum atomic E-state index is 10.9. The van der Waals surface area contributed by atoms with Gasteiger partial charge in [-0.2, -0.15) is 0 Å². The van der Waals surface area contributed by atoms with Gasteiger partial charge in [0.25, 0.3) is 0 Å². The normalized spacial score (nSPS) is 14.2. The Bertz CT molecular complexity index is 590. The van der Waals surface area contributed by atoms with Crippen LogP contribution in [0.15, 0.2) is 73.3 Å². The van der Waals surface area contributed by atoms with Crippen LogP contribution in [0.1, 0.15) is 43.6 Å². The molecule has 2 nitrogen and oxygen atoms in total. The van der Waals surface area contributed by atoms with E-state index < -0.39 is 11.5 Å². The van der Waals surface area contributed by atoms with Crippen LogP contribution in [0, 0.1) is 5.41 Å². The Morgan fingerprint density at radius 3 is 2.04 bits per heavy atom. The number of hydrogen-bond acceptors (Lipinski definition) is 2. The summed E-state index contributed by atoms with van der Waals surface area (Å²) in [6.45, 7) is 8.44. The van der Waals surface area contributed by atoms with Crippen LogP contribution in [0.5, 0.6) is 0 Å². The summed E-state index contributed by atoms with van der Waals surface area (Å²) in [6, 6.07) is 19.9. The molecule has 0 aliphatic carbocycles. The Labute approximate surface area is 139 Å². The lowest BCUT2D eigenvalue weighted by molar-refractivity contribution is -0.0888.